The molecule has 4 nitrogen and oxygen atoms in total. The summed E-state index contributed by atoms with van der Waals surface area (Å²) in [7, 11) is 0. The van der Waals surface area contributed by atoms with E-state index in [9.17, 15) is 0 Å². The van der Waals surface area contributed by atoms with Crippen LogP contribution in [-0.4, -0.2) is 9.97 Å². The fraction of sp³-hybridized carbons (Fsp3) is 0. The zero-order valence-electron chi connectivity index (χ0n) is 28.7. The molecule has 2 aliphatic heterocycles. The third kappa shape index (κ3) is 7.13. The van der Waals surface area contributed by atoms with E-state index < -0.39 is 0 Å². The SMILES string of the molecule is Clc1cccc(Cl)c1-c1c2nc(c(-c3c(Cl)cccc3Cl)c3ccc([n-]3)c(-c3c(Cl)cccc3Cl)c3ccc([n-]3)c(-c3c(Cl)cccc3Cl)c3nc1C=C3)C=C2.[Mn+2]. The Morgan fingerprint density at radius 1 is 0.281 bits per heavy atom. The zero-order valence-corrected chi connectivity index (χ0v) is 36.0. The van der Waals surface area contributed by atoms with E-state index in [4.69, 9.17) is 113 Å². The molecule has 4 aromatic carbocycles. The Balaban J connectivity index is 0.00000455. The van der Waals surface area contributed by atoms with Crippen molar-refractivity contribution >= 4 is 139 Å². The third-order valence-electron chi connectivity index (χ3n) is 9.46. The Morgan fingerprint density at radius 2 is 0.509 bits per heavy atom. The summed E-state index contributed by atoms with van der Waals surface area (Å²) >= 11 is 55.4. The molecule has 0 fully saturated rings. The van der Waals surface area contributed by atoms with Gasteiger partial charge in [-0.15, -0.1) is 22.1 Å². The van der Waals surface area contributed by atoms with Gasteiger partial charge in [-0.1, -0.05) is 141 Å². The fourth-order valence-corrected chi connectivity index (χ4v) is 9.40. The van der Waals surface area contributed by atoms with Crippen LogP contribution in [0.5, 0.6) is 0 Å². The van der Waals surface area contributed by atoms with Gasteiger partial charge in [0.15, 0.2) is 0 Å². The van der Waals surface area contributed by atoms with E-state index in [0.717, 1.165) is 0 Å². The fourth-order valence-electron chi connectivity index (χ4n) is 7.06. The minimum Gasteiger partial charge on any atom is -0.657 e. The summed E-state index contributed by atoms with van der Waals surface area (Å²) in [5.41, 5.74) is 8.93. The number of nitrogens with zero attached hydrogens (tertiary/aromatic N) is 4. The smallest absolute Gasteiger partial charge is 0.657 e. The minimum atomic E-state index is 0. The van der Waals surface area contributed by atoms with Crippen LogP contribution >= 0.6 is 92.8 Å². The molecule has 13 heteroatoms. The van der Waals surface area contributed by atoms with Gasteiger partial charge in [0.25, 0.3) is 0 Å². The van der Waals surface area contributed by atoms with Gasteiger partial charge in [0.05, 0.1) is 32.8 Å². The van der Waals surface area contributed by atoms with Crippen molar-refractivity contribution in [1.82, 2.24) is 19.9 Å². The van der Waals surface area contributed by atoms with Gasteiger partial charge in [-0.05, 0) is 89.5 Å². The van der Waals surface area contributed by atoms with Crippen molar-refractivity contribution in [3.8, 4) is 44.5 Å². The van der Waals surface area contributed by atoms with Gasteiger partial charge in [0, 0.05) is 58.0 Å². The molecular weight excluding hydrogens is 923 g/mol. The molecule has 279 valence electrons. The molecule has 0 N–H and O–H groups in total. The molecule has 1 radical (unpaired) electrons. The quantitative estimate of drug-likeness (QED) is 0.165. The van der Waals surface area contributed by atoms with Crippen LogP contribution in [0.3, 0.4) is 0 Å². The Hall–Kier alpha value is -3.68. The monoisotopic (exact) mass is 939 g/mol. The molecule has 0 aliphatic carbocycles. The molecule has 0 unspecified atom stereocenters. The molecule has 5 heterocycles. The predicted octanol–water partition coefficient (Wildman–Crippen LogP) is 15.8. The van der Waals surface area contributed by atoms with Crippen LogP contribution in [0.1, 0.15) is 22.8 Å². The van der Waals surface area contributed by atoms with Crippen LogP contribution < -0.4 is 9.97 Å². The molecule has 7 aromatic rings. The van der Waals surface area contributed by atoms with Gasteiger partial charge in [0.2, 0.25) is 0 Å². The Morgan fingerprint density at radius 3 is 0.807 bits per heavy atom. The first-order chi connectivity index (χ1) is 27.1. The minimum absolute atomic E-state index is 0. The van der Waals surface area contributed by atoms with Crippen LogP contribution in [0, 0.1) is 0 Å². The van der Waals surface area contributed by atoms with Crippen molar-refractivity contribution in [2.24, 2.45) is 0 Å². The number of halogens is 8. The van der Waals surface area contributed by atoms with Crippen molar-refractivity contribution < 1.29 is 17.1 Å². The van der Waals surface area contributed by atoms with Crippen molar-refractivity contribution in [2.45, 2.75) is 0 Å². The van der Waals surface area contributed by atoms with Crippen molar-refractivity contribution in [2.75, 3.05) is 0 Å². The molecule has 8 bridgehead atoms. The first-order valence-corrected chi connectivity index (χ1v) is 19.9. The Bertz CT molecular complexity index is 2810. The van der Waals surface area contributed by atoms with E-state index in [1.807, 2.05) is 48.6 Å². The summed E-state index contributed by atoms with van der Waals surface area (Å²) in [4.78, 5) is 20.8. The second kappa shape index (κ2) is 16.2. The molecule has 0 spiro atoms. The molecule has 0 saturated carbocycles. The maximum atomic E-state index is 6.93. The maximum absolute atomic E-state index is 6.93. The second-order valence-corrected chi connectivity index (χ2v) is 16.0. The van der Waals surface area contributed by atoms with Crippen LogP contribution in [0.4, 0.5) is 0 Å². The van der Waals surface area contributed by atoms with E-state index in [-0.39, 0.29) is 17.1 Å². The van der Waals surface area contributed by atoms with E-state index in [2.05, 4.69) is 0 Å². The van der Waals surface area contributed by atoms with Gasteiger partial charge in [-0.3, -0.25) is 0 Å². The average molecular weight is 943 g/mol. The standard InChI is InChI=1S/C44H20Cl8N4.Mn/c45-21-5-1-6-22(46)37(21)41-29-13-15-31(53-29)42(38-23(47)7-2-8-24(38)48)33-17-19-35(55-33)44(40-27(51)11-4-12-28(40)52)36-20-18-34(56-36)43(32-16-14-30(41)54-32)39-25(49)9-3-10-26(39)50;/h1-20H;/q-2;+2. The molecule has 0 amide bonds. The first-order valence-electron chi connectivity index (χ1n) is 16.9. The summed E-state index contributed by atoms with van der Waals surface area (Å²) in [5, 5.41) is 3.32. The largest absolute Gasteiger partial charge is 2.00 e. The van der Waals surface area contributed by atoms with E-state index in [1.165, 1.54) is 0 Å². The average Bonchev–Trinajstić information content (AvgIpc) is 4.00. The van der Waals surface area contributed by atoms with Crippen LogP contribution in [-0.2, 0) is 17.1 Å². The zero-order chi connectivity index (χ0) is 38.8. The topological polar surface area (TPSA) is 54.0 Å². The predicted molar refractivity (Wildman–Crippen MR) is 239 cm³/mol. The molecule has 0 saturated heterocycles. The van der Waals surface area contributed by atoms with Crippen molar-refractivity contribution in [1.29, 1.82) is 0 Å². The third-order valence-corrected chi connectivity index (χ3v) is 12.0. The Kier molecular flexibility index (Phi) is 11.4. The summed E-state index contributed by atoms with van der Waals surface area (Å²) in [6.07, 6.45) is 7.53. The summed E-state index contributed by atoms with van der Waals surface area (Å²) in [6.45, 7) is 0. The Labute approximate surface area is 377 Å². The van der Waals surface area contributed by atoms with Gasteiger partial charge in [-0.25, -0.2) is 9.97 Å². The number of hydrogen-bond donors (Lipinski definition) is 0. The number of aromatic nitrogens is 4. The molecule has 9 rings (SSSR count). The molecule has 2 aliphatic rings. The van der Waals surface area contributed by atoms with E-state index >= 15 is 0 Å². The molecule has 3 aromatic heterocycles. The number of rotatable bonds is 4. The van der Waals surface area contributed by atoms with E-state index in [0.29, 0.717) is 130 Å². The van der Waals surface area contributed by atoms with Gasteiger partial charge >= 0.3 is 17.1 Å². The van der Waals surface area contributed by atoms with E-state index in [1.54, 1.807) is 72.8 Å². The normalized spacial score (nSPS) is 11.9. The van der Waals surface area contributed by atoms with Crippen molar-refractivity contribution in [3.63, 3.8) is 0 Å². The second-order valence-electron chi connectivity index (χ2n) is 12.7. The van der Waals surface area contributed by atoms with Crippen LogP contribution in [0.2, 0.25) is 40.2 Å². The molecular formula is C44H20Cl8MnN4. The summed E-state index contributed by atoms with van der Waals surface area (Å²) < 4.78 is 0. The van der Waals surface area contributed by atoms with Gasteiger partial charge in [0.1, 0.15) is 0 Å². The molecule has 57 heavy (non-hydrogen) atoms. The first kappa shape index (κ1) is 40.1. The van der Waals surface area contributed by atoms with Gasteiger partial charge in [-0.2, -0.15) is 0 Å². The molecule has 0 atom stereocenters. The summed E-state index contributed by atoms with van der Waals surface area (Å²) in [5.74, 6) is 0. The number of hydrogen-bond acceptors (Lipinski definition) is 2. The maximum Gasteiger partial charge on any atom is 2.00 e. The summed E-state index contributed by atoms with van der Waals surface area (Å²) in [6, 6.07) is 28.8. The number of benzene rings is 4. The van der Waals surface area contributed by atoms with Crippen LogP contribution in [0.15, 0.2) is 97.1 Å². The van der Waals surface area contributed by atoms with Gasteiger partial charge < -0.3 is 9.97 Å². The number of fused-ring (bicyclic) bond motifs is 8. The van der Waals surface area contributed by atoms with Crippen LogP contribution in [0.25, 0.3) is 90.9 Å². The van der Waals surface area contributed by atoms with Crippen molar-refractivity contribution in [3.05, 3.63) is 160 Å².